The number of rotatable bonds is 5. The molecular weight excluding hydrogens is 286 g/mol. The van der Waals surface area contributed by atoms with Crippen LogP contribution in [0.15, 0.2) is 48.5 Å². The van der Waals surface area contributed by atoms with Crippen LogP contribution in [0.2, 0.25) is 5.02 Å². The van der Waals surface area contributed by atoms with Crippen LogP contribution in [0.4, 0.5) is 11.4 Å². The first-order chi connectivity index (χ1) is 10.0. The molecule has 0 radical (unpaired) electrons. The van der Waals surface area contributed by atoms with Crippen molar-refractivity contribution < 1.29 is 4.79 Å². The molecule has 0 atom stereocenters. The standard InChI is InChI=1S/C16H18ClN3O/c1-20(10-12-5-2-3-8-15(12)17)11-16(21)19-14-7-4-6-13(18)9-14/h2-9H,10-11,18H2,1H3,(H,19,21). The number of nitrogens with zero attached hydrogens (tertiary/aromatic N) is 1. The number of carbonyl (C=O) groups excluding carboxylic acids is 1. The lowest BCUT2D eigenvalue weighted by Gasteiger charge is -2.17. The molecule has 0 aromatic heterocycles. The number of nitrogen functional groups attached to an aromatic ring is 1. The second-order valence-electron chi connectivity index (χ2n) is 4.94. The SMILES string of the molecule is CN(CC(=O)Nc1cccc(N)c1)Cc1ccccc1Cl. The van der Waals surface area contributed by atoms with E-state index in [-0.39, 0.29) is 12.5 Å². The van der Waals surface area contributed by atoms with Gasteiger partial charge in [-0.25, -0.2) is 0 Å². The fraction of sp³-hybridized carbons (Fsp3) is 0.188. The van der Waals surface area contributed by atoms with E-state index < -0.39 is 0 Å². The molecule has 2 rings (SSSR count). The van der Waals surface area contributed by atoms with Crippen molar-refractivity contribution in [3.8, 4) is 0 Å². The van der Waals surface area contributed by atoms with E-state index in [1.807, 2.05) is 42.3 Å². The topological polar surface area (TPSA) is 58.4 Å². The van der Waals surface area contributed by atoms with Gasteiger partial charge in [0.2, 0.25) is 5.91 Å². The van der Waals surface area contributed by atoms with Gasteiger partial charge in [-0.15, -0.1) is 0 Å². The van der Waals surface area contributed by atoms with E-state index in [2.05, 4.69) is 5.32 Å². The van der Waals surface area contributed by atoms with Gasteiger partial charge in [-0.2, -0.15) is 0 Å². The second kappa shape index (κ2) is 7.11. The van der Waals surface area contributed by atoms with E-state index in [9.17, 15) is 4.79 Å². The molecule has 5 heteroatoms. The zero-order chi connectivity index (χ0) is 15.2. The van der Waals surface area contributed by atoms with E-state index in [1.54, 1.807) is 18.2 Å². The summed E-state index contributed by atoms with van der Waals surface area (Å²) in [4.78, 5) is 13.9. The molecule has 0 bridgehead atoms. The Kier molecular flexibility index (Phi) is 5.20. The van der Waals surface area contributed by atoms with Gasteiger partial charge in [0.15, 0.2) is 0 Å². The van der Waals surface area contributed by atoms with Crippen molar-refractivity contribution in [1.82, 2.24) is 4.90 Å². The van der Waals surface area contributed by atoms with Crippen molar-refractivity contribution in [2.75, 3.05) is 24.6 Å². The highest BCUT2D eigenvalue weighted by Crippen LogP contribution is 2.16. The monoisotopic (exact) mass is 303 g/mol. The summed E-state index contributed by atoms with van der Waals surface area (Å²) < 4.78 is 0. The number of hydrogen-bond donors (Lipinski definition) is 2. The van der Waals surface area contributed by atoms with Gasteiger partial charge in [0.25, 0.3) is 0 Å². The summed E-state index contributed by atoms with van der Waals surface area (Å²) in [5, 5.41) is 3.53. The molecule has 0 saturated carbocycles. The average Bonchev–Trinajstić information content (AvgIpc) is 2.41. The van der Waals surface area contributed by atoms with Crippen LogP contribution in [0.3, 0.4) is 0 Å². The molecule has 0 aliphatic rings. The largest absolute Gasteiger partial charge is 0.399 e. The lowest BCUT2D eigenvalue weighted by Crippen LogP contribution is -2.29. The molecule has 2 aromatic carbocycles. The highest BCUT2D eigenvalue weighted by molar-refractivity contribution is 6.31. The number of nitrogens with two attached hydrogens (primary N) is 1. The lowest BCUT2D eigenvalue weighted by molar-refractivity contribution is -0.117. The van der Waals surface area contributed by atoms with Crippen LogP contribution < -0.4 is 11.1 Å². The Morgan fingerprint density at radius 1 is 1.24 bits per heavy atom. The van der Waals surface area contributed by atoms with Crippen molar-refractivity contribution in [2.45, 2.75) is 6.54 Å². The number of nitrogens with one attached hydrogen (secondary N) is 1. The van der Waals surface area contributed by atoms with E-state index in [0.717, 1.165) is 5.56 Å². The maximum atomic E-state index is 12.0. The summed E-state index contributed by atoms with van der Waals surface area (Å²) in [7, 11) is 1.88. The smallest absolute Gasteiger partial charge is 0.238 e. The van der Waals surface area contributed by atoms with Gasteiger partial charge in [0.1, 0.15) is 0 Å². The van der Waals surface area contributed by atoms with Gasteiger partial charge in [0, 0.05) is 22.9 Å². The molecule has 0 spiro atoms. The molecule has 3 N–H and O–H groups in total. The fourth-order valence-electron chi connectivity index (χ4n) is 2.04. The van der Waals surface area contributed by atoms with E-state index in [0.29, 0.717) is 22.9 Å². The number of amides is 1. The molecule has 0 fully saturated rings. The predicted molar refractivity (Wildman–Crippen MR) is 87.3 cm³/mol. The Morgan fingerprint density at radius 3 is 2.71 bits per heavy atom. The summed E-state index contributed by atoms with van der Waals surface area (Å²) in [5.74, 6) is -0.0878. The van der Waals surface area contributed by atoms with E-state index in [1.165, 1.54) is 0 Å². The molecule has 0 aliphatic carbocycles. The first kappa shape index (κ1) is 15.4. The van der Waals surface area contributed by atoms with E-state index in [4.69, 9.17) is 17.3 Å². The third-order valence-electron chi connectivity index (χ3n) is 2.98. The van der Waals surface area contributed by atoms with Crippen molar-refractivity contribution in [3.63, 3.8) is 0 Å². The van der Waals surface area contributed by atoms with Crippen molar-refractivity contribution in [1.29, 1.82) is 0 Å². The number of carbonyl (C=O) groups is 1. The Hall–Kier alpha value is -2.04. The molecule has 0 unspecified atom stereocenters. The third kappa shape index (κ3) is 4.77. The molecule has 110 valence electrons. The van der Waals surface area contributed by atoms with Gasteiger partial charge in [-0.05, 0) is 36.9 Å². The molecule has 0 aliphatic heterocycles. The van der Waals surface area contributed by atoms with Gasteiger partial charge in [-0.1, -0.05) is 35.9 Å². The van der Waals surface area contributed by atoms with Gasteiger partial charge >= 0.3 is 0 Å². The van der Waals surface area contributed by atoms with Crippen molar-refractivity contribution in [2.24, 2.45) is 0 Å². The fourth-order valence-corrected chi connectivity index (χ4v) is 2.23. The summed E-state index contributed by atoms with van der Waals surface area (Å²) in [6, 6.07) is 14.7. The maximum absolute atomic E-state index is 12.0. The molecule has 4 nitrogen and oxygen atoms in total. The summed E-state index contributed by atoms with van der Waals surface area (Å²) in [6.07, 6.45) is 0. The maximum Gasteiger partial charge on any atom is 0.238 e. The minimum atomic E-state index is -0.0878. The number of halogens is 1. The zero-order valence-electron chi connectivity index (χ0n) is 11.8. The molecule has 0 heterocycles. The van der Waals surface area contributed by atoms with Gasteiger partial charge < -0.3 is 11.1 Å². The number of likely N-dealkylation sites (N-methyl/N-ethyl adjacent to an activating group) is 1. The molecule has 0 saturated heterocycles. The molecule has 1 amide bonds. The minimum absolute atomic E-state index is 0.0878. The highest BCUT2D eigenvalue weighted by Gasteiger charge is 2.09. The lowest BCUT2D eigenvalue weighted by atomic mass is 10.2. The Balaban J connectivity index is 1.89. The first-order valence-electron chi connectivity index (χ1n) is 6.62. The molecule has 2 aromatic rings. The number of hydrogen-bond acceptors (Lipinski definition) is 3. The average molecular weight is 304 g/mol. The van der Waals surface area contributed by atoms with Crippen LogP contribution in [0.5, 0.6) is 0 Å². The van der Waals surface area contributed by atoms with Crippen LogP contribution in [-0.2, 0) is 11.3 Å². The van der Waals surface area contributed by atoms with Crippen LogP contribution in [-0.4, -0.2) is 24.4 Å². The minimum Gasteiger partial charge on any atom is -0.399 e. The Bertz CT molecular complexity index is 630. The summed E-state index contributed by atoms with van der Waals surface area (Å²) in [5.41, 5.74) is 8.00. The van der Waals surface area contributed by atoms with Crippen molar-refractivity contribution in [3.05, 3.63) is 59.1 Å². The number of anilines is 2. The summed E-state index contributed by atoms with van der Waals surface area (Å²) in [6.45, 7) is 0.893. The predicted octanol–water partition coefficient (Wildman–Crippen LogP) is 2.99. The zero-order valence-corrected chi connectivity index (χ0v) is 12.6. The molecular formula is C16H18ClN3O. The van der Waals surface area contributed by atoms with Crippen LogP contribution in [0, 0.1) is 0 Å². The van der Waals surface area contributed by atoms with Crippen molar-refractivity contribution >= 4 is 28.9 Å². The van der Waals surface area contributed by atoms with E-state index >= 15 is 0 Å². The summed E-state index contributed by atoms with van der Waals surface area (Å²) >= 11 is 6.11. The second-order valence-corrected chi connectivity index (χ2v) is 5.34. The van der Waals surface area contributed by atoms with Crippen LogP contribution in [0.25, 0.3) is 0 Å². The van der Waals surface area contributed by atoms with Gasteiger partial charge in [-0.3, -0.25) is 9.69 Å². The van der Waals surface area contributed by atoms with Gasteiger partial charge in [0.05, 0.1) is 6.54 Å². The third-order valence-corrected chi connectivity index (χ3v) is 3.35. The Morgan fingerprint density at radius 2 is 2.00 bits per heavy atom. The number of benzene rings is 2. The normalized spacial score (nSPS) is 10.6. The first-order valence-corrected chi connectivity index (χ1v) is 7.00. The Labute approximate surface area is 129 Å². The van der Waals surface area contributed by atoms with Crippen LogP contribution >= 0.6 is 11.6 Å². The van der Waals surface area contributed by atoms with Crippen LogP contribution in [0.1, 0.15) is 5.56 Å². The highest BCUT2D eigenvalue weighted by atomic mass is 35.5. The molecule has 21 heavy (non-hydrogen) atoms. The quantitative estimate of drug-likeness (QED) is 0.835.